The first-order chi connectivity index (χ1) is 14.2. The van der Waals surface area contributed by atoms with Crippen LogP contribution < -0.4 is 15.4 Å². The van der Waals surface area contributed by atoms with Crippen molar-refractivity contribution in [3.05, 3.63) is 66.0 Å². The molecule has 1 fully saturated rings. The number of hydrogen-bond donors (Lipinski definition) is 2. The lowest BCUT2D eigenvalue weighted by atomic mass is 9.89. The fraction of sp³-hybridized carbons (Fsp3) is 0.435. The molecule has 0 aliphatic carbocycles. The molecule has 2 aromatic carbocycles. The lowest BCUT2D eigenvalue weighted by Crippen LogP contribution is -2.44. The minimum Gasteiger partial charge on any atom is -0.489 e. The Morgan fingerprint density at radius 3 is 2.79 bits per heavy atom. The molecular weight excluding hydrogens is 369 g/mol. The number of aliphatic imine (C=N–C) groups is 1. The van der Waals surface area contributed by atoms with Crippen LogP contribution in [0.5, 0.6) is 5.75 Å². The summed E-state index contributed by atoms with van der Waals surface area (Å²) in [4.78, 5) is 4.30. The number of halogens is 1. The van der Waals surface area contributed by atoms with Crippen LogP contribution in [-0.2, 0) is 4.74 Å². The van der Waals surface area contributed by atoms with Crippen molar-refractivity contribution in [1.29, 1.82) is 0 Å². The number of rotatable bonds is 7. The molecule has 0 spiro atoms. The molecule has 0 aromatic heterocycles. The number of nitrogens with one attached hydrogen (secondary N) is 2. The fourth-order valence-corrected chi connectivity index (χ4v) is 3.57. The Kier molecular flexibility index (Phi) is 7.87. The molecule has 156 valence electrons. The highest BCUT2D eigenvalue weighted by Gasteiger charge is 2.27. The maximum absolute atomic E-state index is 13.3. The van der Waals surface area contributed by atoms with Gasteiger partial charge in [-0.25, -0.2) is 4.39 Å². The Balaban J connectivity index is 1.48. The van der Waals surface area contributed by atoms with Gasteiger partial charge in [0.15, 0.2) is 5.96 Å². The maximum Gasteiger partial charge on any atom is 0.191 e. The van der Waals surface area contributed by atoms with Gasteiger partial charge in [-0.05, 0) is 37.5 Å². The molecule has 0 bridgehead atoms. The van der Waals surface area contributed by atoms with Gasteiger partial charge in [-0.2, -0.15) is 0 Å². The van der Waals surface area contributed by atoms with Crippen molar-refractivity contribution in [2.24, 2.45) is 10.9 Å². The van der Waals surface area contributed by atoms with Crippen molar-refractivity contribution in [3.63, 3.8) is 0 Å². The minimum atomic E-state index is -0.303. The Morgan fingerprint density at radius 2 is 2.03 bits per heavy atom. The van der Waals surface area contributed by atoms with Gasteiger partial charge in [0, 0.05) is 32.2 Å². The molecule has 6 heteroatoms. The summed E-state index contributed by atoms with van der Waals surface area (Å²) in [5.41, 5.74) is 1.22. The third-order valence-electron chi connectivity index (χ3n) is 5.02. The zero-order valence-corrected chi connectivity index (χ0v) is 17.1. The van der Waals surface area contributed by atoms with E-state index in [1.165, 1.54) is 17.7 Å². The molecule has 3 unspecified atom stereocenters. The van der Waals surface area contributed by atoms with Gasteiger partial charge in [-0.1, -0.05) is 36.4 Å². The van der Waals surface area contributed by atoms with Crippen LogP contribution in [-0.4, -0.2) is 38.8 Å². The molecular formula is C23H30FN3O2. The van der Waals surface area contributed by atoms with Gasteiger partial charge in [-0.3, -0.25) is 4.99 Å². The quantitative estimate of drug-likeness (QED) is 0.547. The molecule has 2 N–H and O–H groups in total. The molecule has 1 aliphatic heterocycles. The van der Waals surface area contributed by atoms with Crippen molar-refractivity contribution in [1.82, 2.24) is 10.6 Å². The Bertz CT molecular complexity index is 785. The number of ether oxygens (including phenoxy) is 2. The summed E-state index contributed by atoms with van der Waals surface area (Å²) in [7, 11) is 1.75. The van der Waals surface area contributed by atoms with E-state index in [0.29, 0.717) is 18.2 Å². The van der Waals surface area contributed by atoms with Gasteiger partial charge < -0.3 is 20.1 Å². The molecule has 5 nitrogen and oxygen atoms in total. The van der Waals surface area contributed by atoms with Crippen LogP contribution >= 0.6 is 0 Å². The van der Waals surface area contributed by atoms with Gasteiger partial charge in [0.05, 0.1) is 12.6 Å². The molecule has 1 saturated heterocycles. The number of guanidine groups is 1. The second kappa shape index (κ2) is 10.8. The molecule has 1 aliphatic rings. The number of benzene rings is 2. The molecule has 3 atom stereocenters. The van der Waals surface area contributed by atoms with Gasteiger partial charge in [0.2, 0.25) is 0 Å². The average molecular weight is 400 g/mol. The molecule has 3 rings (SSSR count). The summed E-state index contributed by atoms with van der Waals surface area (Å²) in [6.07, 6.45) is 2.15. The average Bonchev–Trinajstić information content (AvgIpc) is 2.75. The second-order valence-corrected chi connectivity index (χ2v) is 7.32. The third kappa shape index (κ3) is 6.46. The van der Waals surface area contributed by atoms with Crippen LogP contribution in [0.25, 0.3) is 0 Å². The first-order valence-electron chi connectivity index (χ1n) is 10.2. The van der Waals surface area contributed by atoms with Gasteiger partial charge in [0.25, 0.3) is 0 Å². The van der Waals surface area contributed by atoms with Crippen LogP contribution in [0.1, 0.15) is 31.4 Å². The summed E-state index contributed by atoms with van der Waals surface area (Å²) >= 11 is 0. The monoisotopic (exact) mass is 399 g/mol. The predicted octanol–water partition coefficient (Wildman–Crippen LogP) is 3.93. The standard InChI is InChI=1S/C23H30FN3O2/c1-17(29-21-12-6-11-20(24)14-21)15-26-23(25-2)27-16-19-10-7-13-28-22(19)18-8-4-3-5-9-18/h3-6,8-9,11-12,14,17,19,22H,7,10,13,15-16H2,1-2H3,(H2,25,26,27). The predicted molar refractivity (Wildman–Crippen MR) is 114 cm³/mol. The van der Waals surface area contributed by atoms with Crippen LogP contribution in [0.3, 0.4) is 0 Å². The first kappa shape index (κ1) is 21.1. The molecule has 0 radical (unpaired) electrons. The largest absolute Gasteiger partial charge is 0.489 e. The summed E-state index contributed by atoms with van der Waals surface area (Å²) in [6, 6.07) is 16.6. The van der Waals surface area contributed by atoms with Crippen LogP contribution in [0, 0.1) is 11.7 Å². The van der Waals surface area contributed by atoms with E-state index >= 15 is 0 Å². The summed E-state index contributed by atoms with van der Waals surface area (Å²) < 4.78 is 25.1. The molecule has 0 saturated carbocycles. The van der Waals surface area contributed by atoms with Crippen LogP contribution in [0.2, 0.25) is 0 Å². The van der Waals surface area contributed by atoms with Crippen molar-refractivity contribution in [2.75, 3.05) is 26.7 Å². The fourth-order valence-electron chi connectivity index (χ4n) is 3.57. The maximum atomic E-state index is 13.3. The van der Waals surface area contributed by atoms with E-state index in [1.807, 2.05) is 13.0 Å². The first-order valence-corrected chi connectivity index (χ1v) is 10.2. The van der Waals surface area contributed by atoms with Gasteiger partial charge >= 0.3 is 0 Å². The number of hydrogen-bond acceptors (Lipinski definition) is 3. The number of nitrogens with zero attached hydrogens (tertiary/aromatic N) is 1. The topological polar surface area (TPSA) is 54.9 Å². The van der Waals surface area contributed by atoms with Crippen LogP contribution in [0.15, 0.2) is 59.6 Å². The highest BCUT2D eigenvalue weighted by Crippen LogP contribution is 2.33. The summed E-state index contributed by atoms with van der Waals surface area (Å²) in [6.45, 7) is 4.07. The molecule has 2 aromatic rings. The SMILES string of the molecule is CN=C(NCC(C)Oc1cccc(F)c1)NCC1CCCOC1c1ccccc1. The Hall–Kier alpha value is -2.60. The van der Waals surface area contributed by atoms with E-state index in [-0.39, 0.29) is 18.0 Å². The van der Waals surface area contributed by atoms with E-state index in [0.717, 1.165) is 32.0 Å². The molecule has 29 heavy (non-hydrogen) atoms. The highest BCUT2D eigenvalue weighted by molar-refractivity contribution is 5.79. The minimum absolute atomic E-state index is 0.103. The Morgan fingerprint density at radius 1 is 1.21 bits per heavy atom. The van der Waals surface area contributed by atoms with E-state index < -0.39 is 0 Å². The van der Waals surface area contributed by atoms with Gasteiger partial charge in [0.1, 0.15) is 17.7 Å². The highest BCUT2D eigenvalue weighted by atomic mass is 19.1. The third-order valence-corrected chi connectivity index (χ3v) is 5.02. The zero-order valence-electron chi connectivity index (χ0n) is 17.1. The van der Waals surface area contributed by atoms with Crippen molar-refractivity contribution < 1.29 is 13.9 Å². The second-order valence-electron chi connectivity index (χ2n) is 7.32. The lowest BCUT2D eigenvalue weighted by Gasteiger charge is -2.32. The van der Waals surface area contributed by atoms with E-state index in [4.69, 9.17) is 9.47 Å². The smallest absolute Gasteiger partial charge is 0.191 e. The van der Waals surface area contributed by atoms with Crippen molar-refractivity contribution >= 4 is 5.96 Å². The van der Waals surface area contributed by atoms with Crippen LogP contribution in [0.4, 0.5) is 4.39 Å². The van der Waals surface area contributed by atoms with Crippen molar-refractivity contribution in [2.45, 2.75) is 32.0 Å². The van der Waals surface area contributed by atoms with E-state index in [1.54, 1.807) is 19.2 Å². The van der Waals surface area contributed by atoms with Crippen molar-refractivity contribution in [3.8, 4) is 5.75 Å². The van der Waals surface area contributed by atoms with E-state index in [2.05, 4.69) is 39.9 Å². The normalized spacial score (nSPS) is 20.7. The summed E-state index contributed by atoms with van der Waals surface area (Å²) in [5, 5.41) is 6.69. The zero-order chi connectivity index (χ0) is 20.5. The summed E-state index contributed by atoms with van der Waals surface area (Å²) in [5.74, 6) is 1.32. The lowest BCUT2D eigenvalue weighted by molar-refractivity contribution is -0.0265. The van der Waals surface area contributed by atoms with E-state index in [9.17, 15) is 4.39 Å². The van der Waals surface area contributed by atoms with Gasteiger partial charge in [-0.15, -0.1) is 0 Å². The Labute approximate surface area is 172 Å². The molecule has 1 heterocycles. The molecule has 0 amide bonds.